The number of esters is 1. The number of carbonyl (C=O) groups excluding carboxylic acids is 3. The predicted octanol–water partition coefficient (Wildman–Crippen LogP) is 4.30. The lowest BCUT2D eigenvalue weighted by Gasteiger charge is -2.34. The summed E-state index contributed by atoms with van der Waals surface area (Å²) in [6.07, 6.45) is 1.59. The van der Waals surface area contributed by atoms with Crippen LogP contribution in [-0.4, -0.2) is 65.7 Å². The van der Waals surface area contributed by atoms with E-state index in [0.717, 1.165) is 12.0 Å². The monoisotopic (exact) mass is 597 g/mol. The predicted molar refractivity (Wildman–Crippen MR) is 165 cm³/mol. The van der Waals surface area contributed by atoms with E-state index < -0.39 is 35.9 Å². The molecule has 5 atom stereocenters. The number of thiazole rings is 1. The van der Waals surface area contributed by atoms with Crippen molar-refractivity contribution in [3.05, 3.63) is 45.9 Å². The fourth-order valence-corrected chi connectivity index (χ4v) is 5.57. The van der Waals surface area contributed by atoms with Gasteiger partial charge in [-0.25, -0.2) is 4.98 Å². The fraction of sp³-hybridized carbons (Fsp3) is 0.581. The van der Waals surface area contributed by atoms with Gasteiger partial charge < -0.3 is 20.1 Å². The van der Waals surface area contributed by atoms with Crippen LogP contribution in [0.15, 0.2) is 29.6 Å². The number of carbonyl (C=O) groups is 4. The summed E-state index contributed by atoms with van der Waals surface area (Å²) < 4.78 is 5.65. The Hall–Kier alpha value is -3.21. The zero-order chi connectivity index (χ0) is 31.6. The van der Waals surface area contributed by atoms with Crippen molar-refractivity contribution in [1.82, 2.24) is 15.2 Å². The van der Waals surface area contributed by atoms with Gasteiger partial charge in [-0.3, -0.25) is 19.2 Å². The van der Waals surface area contributed by atoms with Gasteiger partial charge in [-0.2, -0.15) is 0 Å². The smallest absolute Gasteiger partial charge is 0.306 e. The molecule has 0 saturated carbocycles. The number of aromatic nitrogens is 1. The number of carboxylic acid groups (broad SMARTS) is 1. The fourth-order valence-electron chi connectivity index (χ4n) is 4.73. The van der Waals surface area contributed by atoms with Crippen LogP contribution in [0.1, 0.15) is 94.4 Å². The Morgan fingerprint density at radius 1 is 1.10 bits per heavy atom. The molecule has 0 aliphatic rings. The summed E-state index contributed by atoms with van der Waals surface area (Å²) in [5.74, 6) is -2.16. The quantitative estimate of drug-likeness (QED) is 0.218. The highest BCUT2D eigenvalue weighted by atomic mass is 32.1. The van der Waals surface area contributed by atoms with E-state index in [9.17, 15) is 24.3 Å². The summed E-state index contributed by atoms with van der Waals surface area (Å²) in [7, 11) is 7.57. The second kappa shape index (κ2) is 16.4. The van der Waals surface area contributed by atoms with Crippen LogP contribution >= 0.6 is 11.3 Å². The van der Waals surface area contributed by atoms with E-state index in [1.165, 1.54) is 18.3 Å². The van der Waals surface area contributed by atoms with Gasteiger partial charge in [-0.15, -0.1) is 11.3 Å². The summed E-state index contributed by atoms with van der Waals surface area (Å²) in [5.41, 5.74) is 1.67. The third-order valence-corrected chi connectivity index (χ3v) is 8.47. The van der Waals surface area contributed by atoms with Crippen molar-refractivity contribution in [3.8, 4) is 0 Å². The molecule has 4 unspecified atom stereocenters. The van der Waals surface area contributed by atoms with Crippen LogP contribution in [0.4, 0.5) is 0 Å². The van der Waals surface area contributed by atoms with Crippen molar-refractivity contribution in [2.45, 2.75) is 91.8 Å². The molecule has 2 radical (unpaired) electrons. The van der Waals surface area contributed by atoms with Gasteiger partial charge in [-0.05, 0) is 30.2 Å². The highest BCUT2D eigenvalue weighted by molar-refractivity contribution is 7.09. The van der Waals surface area contributed by atoms with E-state index in [2.05, 4.69) is 17.2 Å². The molecule has 2 aromatic rings. The molecule has 0 aliphatic heterocycles. The molecular weight excluding hydrogens is 553 g/mol. The molecule has 9 nitrogen and oxygen atoms in total. The molecule has 1 heterocycles. The van der Waals surface area contributed by atoms with Gasteiger partial charge in [0.05, 0.1) is 5.92 Å². The number of nitrogens with one attached hydrogen (secondary N) is 1. The minimum Gasteiger partial charge on any atom is -0.481 e. The number of benzene rings is 1. The first-order valence-corrected chi connectivity index (χ1v) is 15.4. The number of amides is 2. The highest BCUT2D eigenvalue weighted by Crippen LogP contribution is 2.31. The van der Waals surface area contributed by atoms with Crippen molar-refractivity contribution in [2.75, 3.05) is 7.05 Å². The Balaban J connectivity index is 2.25. The molecule has 0 saturated heterocycles. The van der Waals surface area contributed by atoms with Crippen molar-refractivity contribution in [2.24, 2.45) is 17.8 Å². The summed E-state index contributed by atoms with van der Waals surface area (Å²) in [4.78, 5) is 56.1. The van der Waals surface area contributed by atoms with Crippen LogP contribution in [0.5, 0.6) is 0 Å². The Labute approximate surface area is 254 Å². The standard InChI is InChI=1S/C31H44BN3O6S/c1-8-19(4)13-28(37)35(7)26(18(2)3)16-27(41-21(6)36)30-34-25(17-42-30)29(38)33-24(14-20(5)31(39)40)15-22-9-11-23(32)12-10-22/h9-12,17-20,24,26-27H,8,13-16H2,1-7H3,(H,33,38)(H,39,40)/t19-,20?,24?,26?,27?/m0/s1. The number of rotatable bonds is 16. The maximum absolute atomic E-state index is 13.3. The van der Waals surface area contributed by atoms with Crippen LogP contribution in [0.25, 0.3) is 0 Å². The van der Waals surface area contributed by atoms with Gasteiger partial charge in [0.15, 0.2) is 6.10 Å². The van der Waals surface area contributed by atoms with Crippen molar-refractivity contribution in [1.29, 1.82) is 0 Å². The SMILES string of the molecule is [B]c1ccc(CC(CC(C)C(=O)O)NC(=O)c2csc(C(CC(C(C)C)N(C)C(=O)C[C@@H](C)CC)OC(C)=O)n2)cc1. The van der Waals surface area contributed by atoms with E-state index >= 15 is 0 Å². The molecule has 0 fully saturated rings. The first kappa shape index (κ1) is 35.0. The molecule has 2 amide bonds. The van der Waals surface area contributed by atoms with Crippen molar-refractivity contribution < 1.29 is 29.0 Å². The average Bonchev–Trinajstić information content (AvgIpc) is 3.41. The number of aliphatic carboxylic acids is 1. The lowest BCUT2D eigenvalue weighted by atomic mass is 9.92. The van der Waals surface area contributed by atoms with Crippen LogP contribution in [0.3, 0.4) is 0 Å². The Morgan fingerprint density at radius 2 is 1.74 bits per heavy atom. The summed E-state index contributed by atoms with van der Waals surface area (Å²) in [6.45, 7) is 11.1. The van der Waals surface area contributed by atoms with Gasteiger partial charge >= 0.3 is 11.9 Å². The van der Waals surface area contributed by atoms with Gasteiger partial charge in [0.2, 0.25) is 5.91 Å². The minimum absolute atomic E-state index is 0.0339. The molecule has 2 N–H and O–H groups in total. The molecule has 0 aliphatic carbocycles. The molecule has 0 bridgehead atoms. The summed E-state index contributed by atoms with van der Waals surface area (Å²) in [6, 6.07) is 6.54. The molecule has 42 heavy (non-hydrogen) atoms. The van der Waals surface area contributed by atoms with E-state index in [1.807, 2.05) is 32.9 Å². The normalized spacial score (nSPS) is 14.9. The summed E-state index contributed by atoms with van der Waals surface area (Å²) in [5, 5.41) is 14.5. The second-order valence-electron chi connectivity index (χ2n) is 11.5. The van der Waals surface area contributed by atoms with E-state index in [4.69, 9.17) is 12.6 Å². The van der Waals surface area contributed by atoms with Gasteiger partial charge in [-0.1, -0.05) is 70.8 Å². The molecule has 1 aromatic heterocycles. The minimum atomic E-state index is -0.945. The van der Waals surface area contributed by atoms with Crippen LogP contribution < -0.4 is 10.8 Å². The highest BCUT2D eigenvalue weighted by Gasteiger charge is 2.31. The molecule has 0 spiro atoms. The van der Waals surface area contributed by atoms with Gasteiger partial charge in [0.25, 0.3) is 5.91 Å². The number of hydrogen-bond acceptors (Lipinski definition) is 7. The molecule has 228 valence electrons. The second-order valence-corrected chi connectivity index (χ2v) is 12.4. The Kier molecular flexibility index (Phi) is 13.7. The first-order chi connectivity index (χ1) is 19.7. The van der Waals surface area contributed by atoms with E-state index in [0.29, 0.717) is 29.7 Å². The number of ether oxygens (including phenoxy) is 1. The number of hydrogen-bond donors (Lipinski definition) is 2. The van der Waals surface area contributed by atoms with Gasteiger partial charge in [0, 0.05) is 44.3 Å². The third kappa shape index (κ3) is 10.9. The lowest BCUT2D eigenvalue weighted by molar-refractivity contribution is -0.148. The zero-order valence-electron chi connectivity index (χ0n) is 25.8. The topological polar surface area (TPSA) is 126 Å². The van der Waals surface area contributed by atoms with Crippen molar-refractivity contribution >= 4 is 48.4 Å². The van der Waals surface area contributed by atoms with Crippen LogP contribution in [-0.2, 0) is 25.5 Å². The molecular formula is C31H44BN3O6S. The summed E-state index contributed by atoms with van der Waals surface area (Å²) >= 11 is 1.21. The number of carboxylic acids is 1. The zero-order valence-corrected chi connectivity index (χ0v) is 26.6. The molecule has 2 rings (SSSR count). The first-order valence-electron chi connectivity index (χ1n) is 14.5. The van der Waals surface area contributed by atoms with Crippen LogP contribution in [0, 0.1) is 17.8 Å². The van der Waals surface area contributed by atoms with Crippen LogP contribution in [0.2, 0.25) is 0 Å². The third-order valence-electron chi connectivity index (χ3n) is 7.53. The van der Waals surface area contributed by atoms with E-state index in [-0.39, 0.29) is 35.9 Å². The lowest BCUT2D eigenvalue weighted by Crippen LogP contribution is -2.42. The molecule has 11 heteroatoms. The largest absolute Gasteiger partial charge is 0.481 e. The van der Waals surface area contributed by atoms with Gasteiger partial charge in [0.1, 0.15) is 18.5 Å². The Morgan fingerprint density at radius 3 is 2.29 bits per heavy atom. The van der Waals surface area contributed by atoms with E-state index in [1.54, 1.807) is 36.4 Å². The van der Waals surface area contributed by atoms with Crippen molar-refractivity contribution in [3.63, 3.8) is 0 Å². The maximum Gasteiger partial charge on any atom is 0.306 e. The average molecular weight is 598 g/mol. The molecule has 1 aromatic carbocycles. The number of nitrogens with zero attached hydrogens (tertiary/aromatic N) is 2. The Bertz CT molecular complexity index is 1200. The maximum atomic E-state index is 13.3.